The summed E-state index contributed by atoms with van der Waals surface area (Å²) < 4.78 is 1.73. The van der Waals surface area contributed by atoms with Crippen LogP contribution in [0.15, 0.2) is 43.1 Å². The lowest BCUT2D eigenvalue weighted by molar-refractivity contribution is 0.0736. The van der Waals surface area contributed by atoms with Crippen molar-refractivity contribution in [3.63, 3.8) is 0 Å². The van der Waals surface area contributed by atoms with Crippen LogP contribution in [0, 0.1) is 5.92 Å². The van der Waals surface area contributed by atoms with Crippen LogP contribution < -0.4 is 0 Å². The molecule has 25 heavy (non-hydrogen) atoms. The minimum atomic E-state index is 0.0471. The lowest BCUT2D eigenvalue weighted by Crippen LogP contribution is -2.30. The second-order valence-corrected chi connectivity index (χ2v) is 7.56. The molecule has 7 heteroatoms. The summed E-state index contributed by atoms with van der Waals surface area (Å²) in [7, 11) is 1.87. The molecule has 3 aromatic heterocycles. The van der Waals surface area contributed by atoms with Crippen LogP contribution in [-0.2, 0) is 7.05 Å². The normalized spacial score (nSPS) is 20.2. The maximum absolute atomic E-state index is 13.1. The Balaban J connectivity index is 1.60. The van der Waals surface area contributed by atoms with E-state index in [0.717, 1.165) is 29.1 Å². The van der Waals surface area contributed by atoms with E-state index in [1.807, 2.05) is 36.5 Å². The summed E-state index contributed by atoms with van der Waals surface area (Å²) in [6.07, 6.45) is 9.94. The second-order valence-electron chi connectivity index (χ2n) is 6.53. The molecule has 1 fully saturated rings. The van der Waals surface area contributed by atoms with Gasteiger partial charge in [0.2, 0.25) is 0 Å². The SMILES string of the molecule is CC1CC(c2cccnc2)N(C(=O)c2cnc(-c3cnn(C)c3)s2)C1. The minimum absolute atomic E-state index is 0.0471. The van der Waals surface area contributed by atoms with Gasteiger partial charge in [0, 0.05) is 37.7 Å². The Labute approximate surface area is 150 Å². The Morgan fingerprint density at radius 3 is 2.92 bits per heavy atom. The van der Waals surface area contributed by atoms with Crippen molar-refractivity contribution in [1.29, 1.82) is 0 Å². The molecule has 128 valence electrons. The standard InChI is InChI=1S/C18H19N5OS/c1-12-6-15(13-4-3-5-19-7-13)23(10-12)18(24)16-9-20-17(25-16)14-8-21-22(2)11-14/h3-5,7-9,11-12,15H,6,10H2,1-2H3. The summed E-state index contributed by atoms with van der Waals surface area (Å²) in [5, 5.41) is 4.99. The fourth-order valence-corrected chi connectivity index (χ4v) is 4.19. The van der Waals surface area contributed by atoms with Crippen LogP contribution >= 0.6 is 11.3 Å². The van der Waals surface area contributed by atoms with E-state index in [1.54, 1.807) is 23.3 Å². The first-order chi connectivity index (χ1) is 12.1. The van der Waals surface area contributed by atoms with Crippen LogP contribution in [-0.4, -0.2) is 37.1 Å². The van der Waals surface area contributed by atoms with Crippen molar-refractivity contribution in [3.8, 4) is 10.6 Å². The lowest BCUT2D eigenvalue weighted by atomic mass is 10.0. The fourth-order valence-electron chi connectivity index (χ4n) is 3.34. The van der Waals surface area contributed by atoms with E-state index in [4.69, 9.17) is 0 Å². The first-order valence-electron chi connectivity index (χ1n) is 8.27. The molecule has 0 aromatic carbocycles. The van der Waals surface area contributed by atoms with Crippen molar-refractivity contribution < 1.29 is 4.79 Å². The Kier molecular flexibility index (Phi) is 4.09. The van der Waals surface area contributed by atoms with Gasteiger partial charge in [-0.05, 0) is 24.0 Å². The molecule has 6 nitrogen and oxygen atoms in total. The van der Waals surface area contributed by atoms with Gasteiger partial charge in [-0.25, -0.2) is 4.98 Å². The number of nitrogens with zero attached hydrogens (tertiary/aromatic N) is 5. The molecule has 4 heterocycles. The van der Waals surface area contributed by atoms with Crippen LogP contribution in [0.2, 0.25) is 0 Å². The van der Waals surface area contributed by atoms with Crippen LogP contribution in [0.5, 0.6) is 0 Å². The summed E-state index contributed by atoms with van der Waals surface area (Å²) in [6.45, 7) is 2.95. The van der Waals surface area contributed by atoms with Crippen molar-refractivity contribution in [2.24, 2.45) is 13.0 Å². The number of amides is 1. The topological polar surface area (TPSA) is 63.9 Å². The number of aromatic nitrogens is 4. The molecule has 1 aliphatic rings. The molecule has 0 radical (unpaired) electrons. The lowest BCUT2D eigenvalue weighted by Gasteiger charge is -2.24. The first-order valence-corrected chi connectivity index (χ1v) is 9.09. The van der Waals surface area contributed by atoms with Gasteiger partial charge < -0.3 is 4.90 Å². The van der Waals surface area contributed by atoms with Crippen LogP contribution in [0.1, 0.15) is 34.6 Å². The third-order valence-electron chi connectivity index (χ3n) is 4.51. The minimum Gasteiger partial charge on any atom is -0.331 e. The highest BCUT2D eigenvalue weighted by molar-refractivity contribution is 7.16. The number of rotatable bonds is 3. The monoisotopic (exact) mass is 353 g/mol. The van der Waals surface area contributed by atoms with Crippen LogP contribution in [0.4, 0.5) is 0 Å². The molecule has 1 saturated heterocycles. The number of carbonyl (C=O) groups is 1. The van der Waals surface area contributed by atoms with E-state index in [-0.39, 0.29) is 11.9 Å². The van der Waals surface area contributed by atoms with Crippen molar-refractivity contribution >= 4 is 17.2 Å². The van der Waals surface area contributed by atoms with Crippen LogP contribution in [0.25, 0.3) is 10.6 Å². The number of thiazole rings is 1. The van der Waals surface area contributed by atoms with Crippen molar-refractivity contribution in [3.05, 3.63) is 53.6 Å². The third kappa shape index (κ3) is 3.07. The summed E-state index contributed by atoms with van der Waals surface area (Å²) in [5.74, 6) is 0.519. The third-order valence-corrected chi connectivity index (χ3v) is 5.54. The van der Waals surface area contributed by atoms with Crippen molar-refractivity contribution in [2.75, 3.05) is 6.54 Å². The molecule has 4 rings (SSSR count). The second kappa shape index (κ2) is 6.40. The molecule has 0 bridgehead atoms. The summed E-state index contributed by atoms with van der Waals surface area (Å²) in [4.78, 5) is 24.3. The number of carbonyl (C=O) groups excluding carboxylic acids is 1. The zero-order valence-electron chi connectivity index (χ0n) is 14.2. The molecule has 0 N–H and O–H groups in total. The van der Waals surface area contributed by atoms with E-state index in [0.29, 0.717) is 10.8 Å². The van der Waals surface area contributed by atoms with Gasteiger partial charge in [0.05, 0.1) is 18.4 Å². The van der Waals surface area contributed by atoms with Crippen molar-refractivity contribution in [1.82, 2.24) is 24.6 Å². The average Bonchev–Trinajstić information content (AvgIpc) is 3.34. The van der Waals surface area contributed by atoms with E-state index >= 15 is 0 Å². The van der Waals surface area contributed by atoms with Gasteiger partial charge in [0.15, 0.2) is 0 Å². The van der Waals surface area contributed by atoms with Crippen molar-refractivity contribution in [2.45, 2.75) is 19.4 Å². The Bertz CT molecular complexity index is 888. The zero-order chi connectivity index (χ0) is 17.4. The number of hydrogen-bond acceptors (Lipinski definition) is 5. The molecule has 0 saturated carbocycles. The summed E-state index contributed by atoms with van der Waals surface area (Å²) in [5.41, 5.74) is 2.03. The Hall–Kier alpha value is -2.54. The molecule has 2 atom stereocenters. The number of hydrogen-bond donors (Lipinski definition) is 0. The summed E-state index contributed by atoms with van der Waals surface area (Å²) >= 11 is 1.42. The van der Waals surface area contributed by atoms with E-state index in [9.17, 15) is 4.79 Å². The first kappa shape index (κ1) is 16.0. The zero-order valence-corrected chi connectivity index (χ0v) is 15.0. The molecular weight excluding hydrogens is 334 g/mol. The average molecular weight is 353 g/mol. The highest BCUT2D eigenvalue weighted by Gasteiger charge is 2.35. The number of pyridine rings is 1. The molecule has 1 amide bonds. The maximum atomic E-state index is 13.1. The Morgan fingerprint density at radius 1 is 1.32 bits per heavy atom. The molecule has 0 spiro atoms. The molecule has 0 aliphatic carbocycles. The van der Waals surface area contributed by atoms with Gasteiger partial charge in [-0.3, -0.25) is 14.5 Å². The molecule has 1 aliphatic heterocycles. The highest BCUT2D eigenvalue weighted by Crippen LogP contribution is 2.37. The number of aryl methyl sites for hydroxylation is 1. The predicted octanol–water partition coefficient (Wildman–Crippen LogP) is 3.16. The van der Waals surface area contributed by atoms with E-state index in [1.165, 1.54) is 11.3 Å². The fraction of sp³-hybridized carbons (Fsp3) is 0.333. The predicted molar refractivity (Wildman–Crippen MR) is 96.1 cm³/mol. The largest absolute Gasteiger partial charge is 0.331 e. The smallest absolute Gasteiger partial charge is 0.266 e. The maximum Gasteiger partial charge on any atom is 0.266 e. The van der Waals surface area contributed by atoms with E-state index < -0.39 is 0 Å². The van der Waals surface area contributed by atoms with Gasteiger partial charge in [0.1, 0.15) is 9.88 Å². The van der Waals surface area contributed by atoms with Gasteiger partial charge in [-0.1, -0.05) is 13.0 Å². The highest BCUT2D eigenvalue weighted by atomic mass is 32.1. The Morgan fingerprint density at radius 2 is 2.20 bits per heavy atom. The van der Waals surface area contributed by atoms with Gasteiger partial charge in [-0.2, -0.15) is 5.10 Å². The van der Waals surface area contributed by atoms with Crippen LogP contribution in [0.3, 0.4) is 0 Å². The number of likely N-dealkylation sites (tertiary alicyclic amines) is 1. The molecule has 3 aromatic rings. The van der Waals surface area contributed by atoms with E-state index in [2.05, 4.69) is 22.0 Å². The summed E-state index contributed by atoms with van der Waals surface area (Å²) in [6, 6.07) is 4.05. The van der Waals surface area contributed by atoms with Gasteiger partial charge >= 0.3 is 0 Å². The molecule has 2 unspecified atom stereocenters. The van der Waals surface area contributed by atoms with Gasteiger partial charge in [0.25, 0.3) is 5.91 Å². The quantitative estimate of drug-likeness (QED) is 0.725. The molecular formula is C18H19N5OS. The van der Waals surface area contributed by atoms with Gasteiger partial charge in [-0.15, -0.1) is 11.3 Å².